The van der Waals surface area contributed by atoms with Crippen molar-refractivity contribution in [3.8, 4) is 0 Å². The highest BCUT2D eigenvalue weighted by molar-refractivity contribution is 9.10. The van der Waals surface area contributed by atoms with Crippen LogP contribution in [-0.2, 0) is 9.53 Å². The van der Waals surface area contributed by atoms with Crippen molar-refractivity contribution in [2.24, 2.45) is 5.92 Å². The van der Waals surface area contributed by atoms with Gasteiger partial charge in [-0.15, -0.1) is 23.2 Å². The Morgan fingerprint density at radius 3 is 2.20 bits per heavy atom. The molecule has 3 amide bonds. The van der Waals surface area contributed by atoms with Gasteiger partial charge < -0.3 is 15.4 Å². The molecule has 0 saturated heterocycles. The maximum Gasteiger partial charge on any atom is 0.412 e. The molecule has 3 N–H and O–H groups in total. The van der Waals surface area contributed by atoms with Crippen LogP contribution in [0.15, 0.2) is 59.1 Å². The minimum atomic E-state index is -1.32. The van der Waals surface area contributed by atoms with Crippen LogP contribution in [0, 0.1) is 12.8 Å². The number of hydrogen-bond donors (Lipinski definition) is 3. The largest absolute Gasteiger partial charge is 0.444 e. The number of hydrogen-bond acceptors (Lipinski definition) is 4. The Kier molecular flexibility index (Phi) is 9.21. The molecule has 1 fully saturated rings. The lowest BCUT2D eigenvalue weighted by molar-refractivity contribution is -0.117. The number of amides is 3. The molecule has 0 spiro atoms. The molecule has 0 aromatic heterocycles. The molecule has 1 aliphatic rings. The Morgan fingerprint density at radius 2 is 1.56 bits per heavy atom. The number of ether oxygens (including phenoxy) is 1. The molecule has 216 valence electrons. The van der Waals surface area contributed by atoms with Gasteiger partial charge >= 0.3 is 6.09 Å². The predicted molar refractivity (Wildman–Crippen MR) is 169 cm³/mol. The smallest absolute Gasteiger partial charge is 0.412 e. The summed E-state index contributed by atoms with van der Waals surface area (Å²) in [7, 11) is 0. The van der Waals surface area contributed by atoms with Gasteiger partial charge in [0.2, 0.25) is 5.91 Å². The summed E-state index contributed by atoms with van der Waals surface area (Å²) in [6.07, 6.45) is -0.585. The molecule has 3 aromatic rings. The van der Waals surface area contributed by atoms with Gasteiger partial charge in [-0.1, -0.05) is 39.1 Å². The van der Waals surface area contributed by atoms with E-state index in [2.05, 4.69) is 31.9 Å². The summed E-state index contributed by atoms with van der Waals surface area (Å²) in [5, 5.41) is 8.94. The summed E-state index contributed by atoms with van der Waals surface area (Å²) in [6, 6.07) is 14.8. The molecular formula is C29H26BrCl4N3O4. The van der Waals surface area contributed by atoms with Crippen molar-refractivity contribution in [1.82, 2.24) is 0 Å². The quantitative estimate of drug-likeness (QED) is 0.223. The second-order valence-electron chi connectivity index (χ2n) is 10.6. The number of carbonyl (C=O) groups excluding carboxylic acids is 3. The van der Waals surface area contributed by atoms with Crippen LogP contribution in [0.1, 0.15) is 48.2 Å². The Labute approximate surface area is 266 Å². The molecule has 4 rings (SSSR count). The van der Waals surface area contributed by atoms with Crippen molar-refractivity contribution in [3.05, 3.63) is 85.8 Å². The average Bonchev–Trinajstić information content (AvgIpc) is 3.42. The molecule has 0 bridgehead atoms. The number of halogens is 5. The van der Waals surface area contributed by atoms with E-state index in [1.807, 2.05) is 6.07 Å². The lowest BCUT2D eigenvalue weighted by atomic mass is 10.1. The third-order valence-electron chi connectivity index (χ3n) is 6.18. The van der Waals surface area contributed by atoms with Gasteiger partial charge in [-0.3, -0.25) is 14.9 Å². The van der Waals surface area contributed by atoms with Gasteiger partial charge in [0.25, 0.3) is 5.91 Å². The molecule has 0 radical (unpaired) electrons. The highest BCUT2D eigenvalue weighted by atomic mass is 79.9. The number of benzene rings is 3. The van der Waals surface area contributed by atoms with Gasteiger partial charge in [0.05, 0.1) is 16.5 Å². The zero-order valence-corrected chi connectivity index (χ0v) is 27.0. The molecular weight excluding hydrogens is 676 g/mol. The van der Waals surface area contributed by atoms with Crippen LogP contribution in [0.25, 0.3) is 0 Å². The average molecular weight is 702 g/mol. The molecule has 1 aliphatic carbocycles. The number of anilines is 3. The predicted octanol–water partition coefficient (Wildman–Crippen LogP) is 9.19. The maximum absolute atomic E-state index is 13.1. The lowest BCUT2D eigenvalue weighted by Gasteiger charge is -2.20. The Morgan fingerprint density at radius 1 is 0.902 bits per heavy atom. The van der Waals surface area contributed by atoms with Crippen molar-refractivity contribution in [2.45, 2.75) is 43.5 Å². The summed E-state index contributed by atoms with van der Waals surface area (Å²) in [4.78, 5) is 38.3. The number of alkyl halides is 2. The number of nitrogens with one attached hydrogen (secondary N) is 3. The van der Waals surface area contributed by atoms with Crippen LogP contribution >= 0.6 is 62.3 Å². The zero-order valence-electron chi connectivity index (χ0n) is 22.4. The van der Waals surface area contributed by atoms with Gasteiger partial charge in [0, 0.05) is 32.5 Å². The van der Waals surface area contributed by atoms with Crippen LogP contribution in [0.2, 0.25) is 10.0 Å². The topological polar surface area (TPSA) is 96.5 Å². The molecule has 0 heterocycles. The molecule has 2 atom stereocenters. The highest BCUT2D eigenvalue weighted by Gasteiger charge is 2.67. The second-order valence-corrected chi connectivity index (χ2v) is 13.8. The summed E-state index contributed by atoms with van der Waals surface area (Å²) in [6.45, 7) is 7.10. The molecule has 1 saturated carbocycles. The van der Waals surface area contributed by atoms with E-state index in [0.717, 1.165) is 10.0 Å². The van der Waals surface area contributed by atoms with Gasteiger partial charge in [-0.05, 0) is 93.4 Å². The first-order valence-corrected chi connectivity index (χ1v) is 14.7. The van der Waals surface area contributed by atoms with Crippen molar-refractivity contribution in [2.75, 3.05) is 16.0 Å². The van der Waals surface area contributed by atoms with Crippen molar-refractivity contribution in [3.63, 3.8) is 0 Å². The summed E-state index contributed by atoms with van der Waals surface area (Å²) in [5.41, 5.74) is 2.31. The van der Waals surface area contributed by atoms with E-state index in [1.165, 1.54) is 12.1 Å². The fourth-order valence-electron chi connectivity index (χ4n) is 4.31. The van der Waals surface area contributed by atoms with E-state index in [1.54, 1.807) is 64.1 Å². The SMILES string of the molecule is Cc1cc(NC(=O)OC(C)(C)C)ccc1NC(=O)c1cc(NC(=O)C2C(c3cc(Cl)cc(Br)c3)C2(Cl)Cl)ccc1Cl. The van der Waals surface area contributed by atoms with E-state index in [9.17, 15) is 14.4 Å². The second kappa shape index (κ2) is 12.0. The Hall–Kier alpha value is -2.49. The Bertz CT molecular complexity index is 1520. The van der Waals surface area contributed by atoms with Crippen molar-refractivity contribution < 1.29 is 19.1 Å². The van der Waals surface area contributed by atoms with Crippen molar-refractivity contribution in [1.29, 1.82) is 0 Å². The van der Waals surface area contributed by atoms with E-state index in [0.29, 0.717) is 27.6 Å². The summed E-state index contributed by atoms with van der Waals surface area (Å²) < 4.78 is 4.69. The van der Waals surface area contributed by atoms with Crippen LogP contribution in [-0.4, -0.2) is 27.8 Å². The molecule has 0 aliphatic heterocycles. The maximum atomic E-state index is 13.1. The fraction of sp³-hybridized carbons (Fsp3) is 0.276. The molecule has 12 heteroatoms. The number of carbonyl (C=O) groups is 3. The summed E-state index contributed by atoms with van der Waals surface area (Å²) >= 11 is 28.8. The van der Waals surface area contributed by atoms with E-state index < -0.39 is 39.7 Å². The first-order valence-electron chi connectivity index (χ1n) is 12.4. The lowest BCUT2D eigenvalue weighted by Crippen LogP contribution is -2.27. The van der Waals surface area contributed by atoms with Crippen LogP contribution in [0.3, 0.4) is 0 Å². The molecule has 3 aromatic carbocycles. The first kappa shape index (κ1) is 31.4. The minimum Gasteiger partial charge on any atom is -0.444 e. The fourth-order valence-corrected chi connectivity index (χ4v) is 6.23. The van der Waals surface area contributed by atoms with Gasteiger partial charge in [0.1, 0.15) is 9.93 Å². The van der Waals surface area contributed by atoms with E-state index >= 15 is 0 Å². The Balaban J connectivity index is 1.45. The van der Waals surface area contributed by atoms with Crippen molar-refractivity contribution >= 4 is 97.3 Å². The van der Waals surface area contributed by atoms with Gasteiger partial charge in [-0.2, -0.15) is 0 Å². The third kappa shape index (κ3) is 7.67. The van der Waals surface area contributed by atoms with Crippen LogP contribution in [0.4, 0.5) is 21.9 Å². The minimum absolute atomic E-state index is 0.147. The van der Waals surface area contributed by atoms with Crippen LogP contribution < -0.4 is 16.0 Å². The zero-order chi connectivity index (χ0) is 30.3. The van der Waals surface area contributed by atoms with E-state index in [4.69, 9.17) is 51.1 Å². The summed E-state index contributed by atoms with van der Waals surface area (Å²) in [5.74, 6) is -2.10. The first-order chi connectivity index (χ1) is 19.0. The number of rotatable bonds is 6. The van der Waals surface area contributed by atoms with Gasteiger partial charge in [-0.25, -0.2) is 4.79 Å². The van der Waals surface area contributed by atoms with Crippen LogP contribution in [0.5, 0.6) is 0 Å². The van der Waals surface area contributed by atoms with Gasteiger partial charge in [0.15, 0.2) is 0 Å². The highest BCUT2D eigenvalue weighted by Crippen LogP contribution is 2.65. The number of aryl methyl sites for hydroxylation is 1. The third-order valence-corrected chi connectivity index (χ3v) is 8.12. The molecule has 7 nitrogen and oxygen atoms in total. The monoisotopic (exact) mass is 699 g/mol. The standard InChI is InChI=1S/C29H26BrCl4N3O4/c1-14-9-18(36-27(40)41-28(2,3)4)6-8-22(14)37-25(38)20-13-19(5-7-21(20)32)35-26(39)24-23(29(24,33)34)15-10-16(30)12-17(31)11-15/h5-13,23-24H,1-4H3,(H,35,39)(H,36,40)(H,37,38). The molecule has 2 unspecified atom stereocenters. The van der Waals surface area contributed by atoms with E-state index in [-0.39, 0.29) is 10.6 Å². The normalized spacial score (nSPS) is 17.4. The molecule has 41 heavy (non-hydrogen) atoms.